The molecule has 0 spiro atoms. The molecule has 7 heteroatoms. The normalized spacial score (nSPS) is 11.6. The number of fused-ring (bicyclic) bond motifs is 1. The number of rotatable bonds is 6. The summed E-state index contributed by atoms with van der Waals surface area (Å²) in [7, 11) is 0. The number of halogens is 2. The van der Waals surface area contributed by atoms with Crippen molar-refractivity contribution < 1.29 is 4.79 Å². The third-order valence-electron chi connectivity index (χ3n) is 5.00. The number of hydrogen-bond donors (Lipinski definition) is 1. The van der Waals surface area contributed by atoms with Crippen molar-refractivity contribution in [3.05, 3.63) is 91.7 Å². The number of nitrogens with zero attached hydrogens (tertiary/aromatic N) is 2. The molecule has 1 amide bonds. The van der Waals surface area contributed by atoms with Gasteiger partial charge in [-0.2, -0.15) is 5.10 Å². The number of hydrogen-bond acceptors (Lipinski definition) is 3. The van der Waals surface area contributed by atoms with Gasteiger partial charge in [-0.05, 0) is 35.7 Å². The first kappa shape index (κ1) is 21.6. The Labute approximate surface area is 195 Å². The molecule has 2 aromatic carbocycles. The fourth-order valence-electron chi connectivity index (χ4n) is 3.34. The fraction of sp³-hybridized carbons (Fsp3) is 0.167. The van der Waals surface area contributed by atoms with Gasteiger partial charge >= 0.3 is 0 Å². The lowest BCUT2D eigenvalue weighted by molar-refractivity contribution is 0.0955. The Morgan fingerprint density at radius 3 is 2.74 bits per heavy atom. The van der Waals surface area contributed by atoms with Crippen LogP contribution in [0.4, 0.5) is 0 Å². The Morgan fingerprint density at radius 2 is 2.00 bits per heavy atom. The zero-order valence-electron chi connectivity index (χ0n) is 17.1. The number of nitrogens with one attached hydrogen (secondary N) is 1. The average molecular weight is 470 g/mol. The van der Waals surface area contributed by atoms with Gasteiger partial charge in [-0.3, -0.25) is 4.79 Å². The van der Waals surface area contributed by atoms with Crippen LogP contribution in [0.15, 0.2) is 65.2 Å². The van der Waals surface area contributed by atoms with Crippen LogP contribution in [0.5, 0.6) is 0 Å². The maximum Gasteiger partial charge on any atom is 0.272 e. The van der Waals surface area contributed by atoms with E-state index >= 15 is 0 Å². The molecule has 2 aromatic heterocycles. The summed E-state index contributed by atoms with van der Waals surface area (Å²) in [4.78, 5) is 13.6. The summed E-state index contributed by atoms with van der Waals surface area (Å²) in [5, 5.41) is 8.34. The van der Waals surface area contributed by atoms with Crippen LogP contribution in [0.1, 0.15) is 46.1 Å². The molecule has 0 bridgehead atoms. The highest BCUT2D eigenvalue weighted by atomic mass is 35.5. The van der Waals surface area contributed by atoms with E-state index in [1.165, 1.54) is 4.88 Å². The molecule has 0 saturated carbocycles. The fourth-order valence-corrected chi connectivity index (χ4v) is 4.72. The molecule has 0 aliphatic heterocycles. The first-order chi connectivity index (χ1) is 14.9. The van der Waals surface area contributed by atoms with Crippen molar-refractivity contribution in [1.29, 1.82) is 0 Å². The molecule has 4 rings (SSSR count). The van der Waals surface area contributed by atoms with Gasteiger partial charge in [-0.1, -0.05) is 61.3 Å². The number of carbonyl (C=O) groups is 1. The van der Waals surface area contributed by atoms with Crippen LogP contribution in [-0.2, 0) is 6.54 Å². The van der Waals surface area contributed by atoms with Crippen molar-refractivity contribution in [1.82, 2.24) is 9.99 Å². The van der Waals surface area contributed by atoms with Crippen LogP contribution >= 0.6 is 34.5 Å². The van der Waals surface area contributed by atoms with E-state index in [1.54, 1.807) is 23.6 Å². The molecule has 2 heterocycles. The largest absolute Gasteiger partial charge is 0.342 e. The number of thiophene rings is 1. The monoisotopic (exact) mass is 469 g/mol. The molecule has 0 unspecified atom stereocenters. The second kappa shape index (κ2) is 9.27. The number of benzene rings is 2. The molecule has 0 atom stereocenters. The quantitative estimate of drug-likeness (QED) is 0.241. The zero-order valence-corrected chi connectivity index (χ0v) is 19.4. The highest BCUT2D eigenvalue weighted by molar-refractivity contribution is 7.10. The predicted octanol–water partition coefficient (Wildman–Crippen LogP) is 6.95. The molecular formula is C24H21Cl2N3OS. The van der Waals surface area contributed by atoms with Gasteiger partial charge in [0.2, 0.25) is 0 Å². The number of aromatic nitrogens is 1. The Hall–Kier alpha value is -2.60. The van der Waals surface area contributed by atoms with Crippen molar-refractivity contribution in [2.24, 2.45) is 5.10 Å². The lowest BCUT2D eigenvalue weighted by atomic mass is 10.1. The van der Waals surface area contributed by atoms with Gasteiger partial charge in [0.25, 0.3) is 5.91 Å². The van der Waals surface area contributed by atoms with Crippen LogP contribution in [0.25, 0.3) is 10.9 Å². The van der Waals surface area contributed by atoms with E-state index in [4.69, 9.17) is 23.2 Å². The molecule has 31 heavy (non-hydrogen) atoms. The minimum absolute atomic E-state index is 0.212. The average Bonchev–Trinajstić information content (AvgIpc) is 3.36. The van der Waals surface area contributed by atoms with Crippen molar-refractivity contribution in [2.45, 2.75) is 26.3 Å². The lowest BCUT2D eigenvalue weighted by Gasteiger charge is -2.08. The van der Waals surface area contributed by atoms with E-state index in [2.05, 4.69) is 28.9 Å². The predicted molar refractivity (Wildman–Crippen MR) is 131 cm³/mol. The Bertz CT molecular complexity index is 1270. The van der Waals surface area contributed by atoms with Crippen molar-refractivity contribution in [3.8, 4) is 0 Å². The van der Waals surface area contributed by atoms with Crippen molar-refractivity contribution >= 4 is 57.6 Å². The summed E-state index contributed by atoms with van der Waals surface area (Å²) in [5.41, 5.74) is 6.20. The molecule has 4 nitrogen and oxygen atoms in total. The van der Waals surface area contributed by atoms with E-state index in [9.17, 15) is 4.79 Å². The number of amides is 1. The van der Waals surface area contributed by atoms with Crippen molar-refractivity contribution in [3.63, 3.8) is 0 Å². The van der Waals surface area contributed by atoms with Gasteiger partial charge in [0.05, 0.1) is 11.8 Å². The van der Waals surface area contributed by atoms with Gasteiger partial charge in [0, 0.05) is 49.5 Å². The third-order valence-corrected chi connectivity index (χ3v) is 6.82. The van der Waals surface area contributed by atoms with Gasteiger partial charge in [0.15, 0.2) is 0 Å². The SMILES string of the molecule is CC(C)c1cc(C(=O)N/N=C\c2cn(Cc3ccc(Cl)cc3Cl)c3ccccc23)cs1. The number of hydrazone groups is 1. The van der Waals surface area contributed by atoms with Crippen molar-refractivity contribution in [2.75, 3.05) is 0 Å². The Kier molecular flexibility index (Phi) is 6.46. The zero-order chi connectivity index (χ0) is 22.0. The summed E-state index contributed by atoms with van der Waals surface area (Å²) in [6, 6.07) is 15.5. The first-order valence-electron chi connectivity index (χ1n) is 9.86. The van der Waals surface area contributed by atoms with Crippen LogP contribution < -0.4 is 5.43 Å². The molecule has 158 valence electrons. The second-order valence-corrected chi connectivity index (χ2v) is 9.34. The summed E-state index contributed by atoms with van der Waals surface area (Å²) in [5.74, 6) is 0.186. The van der Waals surface area contributed by atoms with Crippen LogP contribution in [-0.4, -0.2) is 16.7 Å². The summed E-state index contributed by atoms with van der Waals surface area (Å²) in [6.07, 6.45) is 3.68. The van der Waals surface area contributed by atoms with E-state index in [-0.39, 0.29) is 5.91 Å². The maximum atomic E-state index is 12.4. The van der Waals surface area contributed by atoms with E-state index in [0.29, 0.717) is 28.1 Å². The summed E-state index contributed by atoms with van der Waals surface area (Å²) in [6.45, 7) is 4.82. The van der Waals surface area contributed by atoms with Crippen LogP contribution in [0.2, 0.25) is 10.0 Å². The molecule has 0 aliphatic carbocycles. The molecule has 0 fully saturated rings. The van der Waals surface area contributed by atoms with E-state index in [1.807, 2.05) is 54.0 Å². The first-order valence-corrected chi connectivity index (χ1v) is 11.5. The molecular weight excluding hydrogens is 449 g/mol. The minimum Gasteiger partial charge on any atom is -0.342 e. The van der Waals surface area contributed by atoms with E-state index < -0.39 is 0 Å². The minimum atomic E-state index is -0.212. The molecule has 0 radical (unpaired) electrons. The maximum absolute atomic E-state index is 12.4. The summed E-state index contributed by atoms with van der Waals surface area (Å²) < 4.78 is 2.11. The second-order valence-electron chi connectivity index (χ2n) is 7.56. The number of carbonyl (C=O) groups excluding carboxylic acids is 1. The van der Waals surface area contributed by atoms with E-state index in [0.717, 1.165) is 22.0 Å². The topological polar surface area (TPSA) is 46.4 Å². The highest BCUT2D eigenvalue weighted by Crippen LogP contribution is 2.26. The van der Waals surface area contributed by atoms with Gasteiger partial charge < -0.3 is 4.57 Å². The summed E-state index contributed by atoms with van der Waals surface area (Å²) >= 11 is 14.0. The molecule has 0 saturated heterocycles. The Morgan fingerprint density at radius 1 is 1.19 bits per heavy atom. The highest BCUT2D eigenvalue weighted by Gasteiger charge is 2.11. The standard InChI is InChI=1S/C24H21Cl2N3OS/c1-15(2)23-9-17(14-31-23)24(30)28-27-11-18-13-29(22-6-4-3-5-20(18)22)12-16-7-8-19(25)10-21(16)26/h3-11,13-15H,12H2,1-2H3,(H,28,30)/b27-11-. The molecule has 0 aliphatic rings. The lowest BCUT2D eigenvalue weighted by Crippen LogP contribution is -2.16. The Balaban J connectivity index is 1.55. The van der Waals surface area contributed by atoms with Gasteiger partial charge in [0.1, 0.15) is 0 Å². The van der Waals surface area contributed by atoms with Gasteiger partial charge in [-0.25, -0.2) is 5.43 Å². The van der Waals surface area contributed by atoms with Crippen LogP contribution in [0.3, 0.4) is 0 Å². The molecule has 4 aromatic rings. The number of para-hydroxylation sites is 1. The molecule has 1 N–H and O–H groups in total. The van der Waals surface area contributed by atoms with Crippen LogP contribution in [0, 0.1) is 0 Å². The van der Waals surface area contributed by atoms with Gasteiger partial charge in [-0.15, -0.1) is 11.3 Å². The smallest absolute Gasteiger partial charge is 0.272 e. The third kappa shape index (κ3) is 4.85.